The van der Waals surface area contributed by atoms with Crippen LogP contribution in [0.5, 0.6) is 0 Å². The number of ether oxygens (including phenoxy) is 1. The summed E-state index contributed by atoms with van der Waals surface area (Å²) in [7, 11) is 0. The van der Waals surface area contributed by atoms with E-state index in [0.717, 1.165) is 28.4 Å². The van der Waals surface area contributed by atoms with Crippen LogP contribution in [0.4, 0.5) is 0 Å². The van der Waals surface area contributed by atoms with Crippen molar-refractivity contribution in [2.45, 2.75) is 36.9 Å². The maximum Gasteiger partial charge on any atom is 0.110 e. The number of halogens is 1. The summed E-state index contributed by atoms with van der Waals surface area (Å²) >= 11 is 5.28. The van der Waals surface area contributed by atoms with E-state index in [4.69, 9.17) is 4.74 Å². The molecule has 0 radical (unpaired) electrons. The molecule has 2 heterocycles. The third-order valence-corrected chi connectivity index (χ3v) is 4.96. The Morgan fingerprint density at radius 2 is 2.56 bits per heavy atom. The van der Waals surface area contributed by atoms with Crippen LogP contribution in [0.1, 0.15) is 19.8 Å². The molecule has 0 spiro atoms. The van der Waals surface area contributed by atoms with E-state index >= 15 is 0 Å². The molecule has 0 aliphatic carbocycles. The summed E-state index contributed by atoms with van der Waals surface area (Å²) in [5.74, 6) is 1.02. The van der Waals surface area contributed by atoms with Crippen molar-refractivity contribution in [3.63, 3.8) is 0 Å². The summed E-state index contributed by atoms with van der Waals surface area (Å²) in [5, 5.41) is 4.58. The van der Waals surface area contributed by atoms with Gasteiger partial charge in [-0.3, -0.25) is 0 Å². The van der Waals surface area contributed by atoms with Crippen molar-refractivity contribution < 1.29 is 4.74 Å². The Bertz CT molecular complexity index is 372. The van der Waals surface area contributed by atoms with E-state index in [-0.39, 0.29) is 0 Å². The molecule has 2 atom stereocenters. The predicted octanol–water partition coefficient (Wildman–Crippen LogP) is 3.09. The van der Waals surface area contributed by atoms with Gasteiger partial charge in [-0.25, -0.2) is 4.98 Å². The number of rotatable bonds is 6. The van der Waals surface area contributed by atoms with Crippen LogP contribution in [0.2, 0.25) is 0 Å². The molecule has 18 heavy (non-hydrogen) atoms. The highest BCUT2D eigenvalue weighted by Gasteiger charge is 2.21. The molecule has 0 amide bonds. The first-order chi connectivity index (χ1) is 8.77. The molecule has 3 nitrogen and oxygen atoms in total. The second-order valence-electron chi connectivity index (χ2n) is 4.43. The largest absolute Gasteiger partial charge is 0.377 e. The smallest absolute Gasteiger partial charge is 0.110 e. The van der Waals surface area contributed by atoms with Crippen LogP contribution in [-0.2, 0) is 4.74 Å². The summed E-state index contributed by atoms with van der Waals surface area (Å²) in [6, 6.07) is 4.41. The Balaban J connectivity index is 1.65. The van der Waals surface area contributed by atoms with Crippen LogP contribution in [0.25, 0.3) is 0 Å². The molecule has 0 bridgehead atoms. The van der Waals surface area contributed by atoms with Crippen molar-refractivity contribution in [2.24, 2.45) is 0 Å². The van der Waals surface area contributed by atoms with Crippen molar-refractivity contribution in [2.75, 3.05) is 18.9 Å². The highest BCUT2D eigenvalue weighted by atomic mass is 79.9. The molecule has 2 rings (SSSR count). The van der Waals surface area contributed by atoms with Gasteiger partial charge < -0.3 is 10.1 Å². The SMILES string of the molecule is CC(NCCSc1ncccc1Br)C1CCCO1. The standard InChI is InChI=1S/C13H19BrN2OS/c1-10(12-5-3-8-17-12)15-7-9-18-13-11(14)4-2-6-16-13/h2,4,6,10,12,15H,3,5,7-9H2,1H3. The number of nitrogens with zero attached hydrogens (tertiary/aromatic N) is 1. The molecule has 2 unspecified atom stereocenters. The third kappa shape index (κ3) is 4.23. The molecule has 5 heteroatoms. The summed E-state index contributed by atoms with van der Waals surface area (Å²) in [5.41, 5.74) is 0. The van der Waals surface area contributed by atoms with E-state index in [0.29, 0.717) is 12.1 Å². The monoisotopic (exact) mass is 330 g/mol. The summed E-state index contributed by atoms with van der Waals surface area (Å²) in [6.07, 6.45) is 4.62. The molecule has 1 aliphatic heterocycles. The maximum absolute atomic E-state index is 5.66. The molecule has 1 aromatic rings. The van der Waals surface area contributed by atoms with Gasteiger partial charge in [0.2, 0.25) is 0 Å². The molecule has 1 fully saturated rings. The van der Waals surface area contributed by atoms with E-state index in [9.17, 15) is 0 Å². The van der Waals surface area contributed by atoms with E-state index in [2.05, 4.69) is 33.2 Å². The highest BCUT2D eigenvalue weighted by molar-refractivity contribution is 9.10. The summed E-state index contributed by atoms with van der Waals surface area (Å²) < 4.78 is 6.73. The minimum atomic E-state index is 0.400. The third-order valence-electron chi connectivity index (χ3n) is 3.05. The second kappa shape index (κ2) is 7.48. The number of pyridine rings is 1. The lowest BCUT2D eigenvalue weighted by molar-refractivity contribution is 0.0844. The molecule has 100 valence electrons. The fourth-order valence-corrected chi connectivity index (χ4v) is 3.39. The van der Waals surface area contributed by atoms with Crippen LogP contribution in [-0.4, -0.2) is 36.0 Å². The van der Waals surface area contributed by atoms with Gasteiger partial charge in [0.1, 0.15) is 5.03 Å². The summed E-state index contributed by atoms with van der Waals surface area (Å²) in [4.78, 5) is 4.34. The lowest BCUT2D eigenvalue weighted by Crippen LogP contribution is -2.38. The van der Waals surface area contributed by atoms with E-state index in [1.807, 2.05) is 18.3 Å². The Morgan fingerprint density at radius 1 is 1.67 bits per heavy atom. The van der Waals surface area contributed by atoms with Gasteiger partial charge in [-0.05, 0) is 47.8 Å². The first-order valence-corrected chi connectivity index (χ1v) is 8.13. The van der Waals surface area contributed by atoms with Crippen molar-refractivity contribution in [3.8, 4) is 0 Å². The van der Waals surface area contributed by atoms with Gasteiger partial charge in [-0.1, -0.05) is 0 Å². The van der Waals surface area contributed by atoms with E-state index < -0.39 is 0 Å². The van der Waals surface area contributed by atoms with Crippen LogP contribution in [0.15, 0.2) is 27.8 Å². The van der Waals surface area contributed by atoms with E-state index in [1.54, 1.807) is 11.8 Å². The zero-order valence-corrected chi connectivity index (χ0v) is 13.0. The van der Waals surface area contributed by atoms with Crippen LogP contribution >= 0.6 is 27.7 Å². The number of nitrogens with one attached hydrogen (secondary N) is 1. The maximum atomic E-state index is 5.66. The van der Waals surface area contributed by atoms with Gasteiger partial charge in [0.15, 0.2) is 0 Å². The average molecular weight is 331 g/mol. The molecular weight excluding hydrogens is 312 g/mol. The molecule has 1 N–H and O–H groups in total. The quantitative estimate of drug-likeness (QED) is 0.642. The zero-order chi connectivity index (χ0) is 12.8. The number of aromatic nitrogens is 1. The minimum absolute atomic E-state index is 0.400. The molecule has 0 aromatic carbocycles. The Hall–Kier alpha value is -0.100. The minimum Gasteiger partial charge on any atom is -0.377 e. The first-order valence-electron chi connectivity index (χ1n) is 6.35. The number of thioether (sulfide) groups is 1. The molecule has 1 aliphatic rings. The Kier molecular flexibility index (Phi) is 5.95. The van der Waals surface area contributed by atoms with Crippen molar-refractivity contribution >= 4 is 27.7 Å². The fraction of sp³-hybridized carbons (Fsp3) is 0.615. The topological polar surface area (TPSA) is 34.2 Å². The van der Waals surface area contributed by atoms with Crippen LogP contribution in [0, 0.1) is 0 Å². The average Bonchev–Trinajstić information content (AvgIpc) is 2.90. The van der Waals surface area contributed by atoms with Gasteiger partial charge in [-0.2, -0.15) is 0 Å². The predicted molar refractivity (Wildman–Crippen MR) is 79.1 cm³/mol. The molecule has 1 saturated heterocycles. The highest BCUT2D eigenvalue weighted by Crippen LogP contribution is 2.24. The van der Waals surface area contributed by atoms with Gasteiger partial charge in [0.05, 0.1) is 6.10 Å². The lowest BCUT2D eigenvalue weighted by Gasteiger charge is -2.19. The Morgan fingerprint density at radius 3 is 3.28 bits per heavy atom. The van der Waals surface area contributed by atoms with Crippen molar-refractivity contribution in [1.82, 2.24) is 10.3 Å². The van der Waals surface area contributed by atoms with Crippen molar-refractivity contribution in [3.05, 3.63) is 22.8 Å². The van der Waals surface area contributed by atoms with Gasteiger partial charge in [0.25, 0.3) is 0 Å². The number of hydrogen-bond acceptors (Lipinski definition) is 4. The van der Waals surface area contributed by atoms with Crippen molar-refractivity contribution in [1.29, 1.82) is 0 Å². The molecule has 0 saturated carbocycles. The molecular formula is C13H19BrN2OS. The normalized spacial score (nSPS) is 21.1. The first kappa shape index (κ1) is 14.3. The van der Waals surface area contributed by atoms with Gasteiger partial charge in [0, 0.05) is 35.6 Å². The van der Waals surface area contributed by atoms with E-state index in [1.165, 1.54) is 12.8 Å². The number of hydrogen-bond donors (Lipinski definition) is 1. The van der Waals surface area contributed by atoms with Gasteiger partial charge >= 0.3 is 0 Å². The second-order valence-corrected chi connectivity index (χ2v) is 6.37. The Labute approximate surface area is 121 Å². The molecule has 1 aromatic heterocycles. The van der Waals surface area contributed by atoms with Crippen LogP contribution in [0.3, 0.4) is 0 Å². The van der Waals surface area contributed by atoms with Crippen LogP contribution < -0.4 is 5.32 Å². The summed E-state index contributed by atoms with van der Waals surface area (Å²) in [6.45, 7) is 4.11. The lowest BCUT2D eigenvalue weighted by atomic mass is 10.1. The fourth-order valence-electron chi connectivity index (χ4n) is 2.04. The zero-order valence-electron chi connectivity index (χ0n) is 10.6. The van der Waals surface area contributed by atoms with Gasteiger partial charge in [-0.15, -0.1) is 11.8 Å².